The second kappa shape index (κ2) is 7.79. The molecule has 0 aliphatic heterocycles. The van der Waals surface area contributed by atoms with E-state index < -0.39 is 0 Å². The largest absolute Gasteiger partial charge is 0.339 e. The predicted molar refractivity (Wildman–Crippen MR) is 89.6 cm³/mol. The van der Waals surface area contributed by atoms with Crippen LogP contribution in [0.3, 0.4) is 0 Å². The maximum atomic E-state index is 12.3. The minimum atomic E-state index is -0.127. The third-order valence-corrected chi connectivity index (χ3v) is 4.30. The van der Waals surface area contributed by atoms with Crippen LogP contribution in [0.4, 0.5) is 0 Å². The number of hydrogen-bond acceptors (Lipinski definition) is 4. The molecule has 0 radical (unpaired) electrons. The Morgan fingerprint density at radius 3 is 2.74 bits per heavy atom. The minimum Gasteiger partial charge on any atom is -0.339 e. The Morgan fingerprint density at radius 2 is 2.13 bits per heavy atom. The third-order valence-electron chi connectivity index (χ3n) is 3.74. The molecule has 0 spiro atoms. The number of carbonyl (C=O) groups is 1. The molecule has 5 nitrogen and oxygen atoms in total. The summed E-state index contributed by atoms with van der Waals surface area (Å²) in [7, 11) is 1.77. The Morgan fingerprint density at radius 1 is 1.39 bits per heavy atom. The highest BCUT2D eigenvalue weighted by Gasteiger charge is 2.19. The summed E-state index contributed by atoms with van der Waals surface area (Å²) in [6.07, 6.45) is 1.66. The standard InChI is InChI=1S/C16H19Cl2N3O2/c1-10(13-8-7-12(17)9-14(13)18)21(3)16(22)6-4-5-15-19-11(2)20-23-15/h7-10H,4-6H2,1-3H3/t10-/m1/s1. The topological polar surface area (TPSA) is 59.2 Å². The van der Waals surface area contributed by atoms with Crippen molar-refractivity contribution < 1.29 is 9.32 Å². The molecule has 2 rings (SSSR count). The first-order valence-electron chi connectivity index (χ1n) is 7.38. The summed E-state index contributed by atoms with van der Waals surface area (Å²) in [4.78, 5) is 18.1. The van der Waals surface area contributed by atoms with Crippen molar-refractivity contribution in [3.05, 3.63) is 45.5 Å². The van der Waals surface area contributed by atoms with E-state index in [1.54, 1.807) is 31.0 Å². The van der Waals surface area contributed by atoms with Gasteiger partial charge in [0.2, 0.25) is 11.8 Å². The molecule has 1 atom stereocenters. The van der Waals surface area contributed by atoms with Crippen molar-refractivity contribution in [2.45, 2.75) is 39.2 Å². The zero-order chi connectivity index (χ0) is 17.0. The monoisotopic (exact) mass is 355 g/mol. The minimum absolute atomic E-state index is 0.0414. The first-order chi connectivity index (χ1) is 10.9. The summed E-state index contributed by atoms with van der Waals surface area (Å²) < 4.78 is 5.03. The van der Waals surface area contributed by atoms with Gasteiger partial charge in [0, 0.05) is 29.9 Å². The van der Waals surface area contributed by atoms with E-state index in [4.69, 9.17) is 27.7 Å². The maximum absolute atomic E-state index is 12.3. The van der Waals surface area contributed by atoms with Crippen LogP contribution in [-0.4, -0.2) is 28.0 Å². The lowest BCUT2D eigenvalue weighted by Crippen LogP contribution is -2.29. The molecular weight excluding hydrogens is 337 g/mol. The second-order valence-electron chi connectivity index (χ2n) is 5.44. The quantitative estimate of drug-likeness (QED) is 0.777. The van der Waals surface area contributed by atoms with Gasteiger partial charge in [0.05, 0.1) is 6.04 Å². The van der Waals surface area contributed by atoms with Crippen molar-refractivity contribution in [3.63, 3.8) is 0 Å². The summed E-state index contributed by atoms with van der Waals surface area (Å²) in [6.45, 7) is 3.71. The molecule has 1 aromatic heterocycles. The molecule has 124 valence electrons. The van der Waals surface area contributed by atoms with Gasteiger partial charge >= 0.3 is 0 Å². The molecule has 7 heteroatoms. The summed E-state index contributed by atoms with van der Waals surface area (Å²) in [5, 5.41) is 4.87. The van der Waals surface area contributed by atoms with Crippen molar-refractivity contribution in [2.24, 2.45) is 0 Å². The second-order valence-corrected chi connectivity index (χ2v) is 6.28. The molecule has 0 bridgehead atoms. The number of amides is 1. The van der Waals surface area contributed by atoms with E-state index in [2.05, 4.69) is 10.1 Å². The zero-order valence-corrected chi connectivity index (χ0v) is 14.9. The van der Waals surface area contributed by atoms with Crippen molar-refractivity contribution in [3.8, 4) is 0 Å². The van der Waals surface area contributed by atoms with Crippen LogP contribution in [0.5, 0.6) is 0 Å². The van der Waals surface area contributed by atoms with Crippen molar-refractivity contribution >= 4 is 29.1 Å². The SMILES string of the molecule is Cc1noc(CCCC(=O)N(C)[C@H](C)c2ccc(Cl)cc2Cl)n1. The van der Waals surface area contributed by atoms with Gasteiger partial charge < -0.3 is 9.42 Å². The highest BCUT2D eigenvalue weighted by Crippen LogP contribution is 2.29. The number of rotatable bonds is 6. The Bertz CT molecular complexity index is 688. The van der Waals surface area contributed by atoms with E-state index in [0.29, 0.717) is 41.0 Å². The fraction of sp³-hybridized carbons (Fsp3) is 0.438. The molecule has 23 heavy (non-hydrogen) atoms. The van der Waals surface area contributed by atoms with Crippen LogP contribution in [0, 0.1) is 6.92 Å². The highest BCUT2D eigenvalue weighted by molar-refractivity contribution is 6.35. The van der Waals surface area contributed by atoms with Crippen molar-refractivity contribution in [2.75, 3.05) is 7.05 Å². The molecule has 2 aromatic rings. The fourth-order valence-electron chi connectivity index (χ4n) is 2.27. The van der Waals surface area contributed by atoms with Gasteiger partial charge in [0.15, 0.2) is 5.82 Å². The van der Waals surface area contributed by atoms with Gasteiger partial charge in [-0.1, -0.05) is 34.4 Å². The molecule has 0 saturated heterocycles. The van der Waals surface area contributed by atoms with E-state index in [-0.39, 0.29) is 11.9 Å². The number of aryl methyl sites for hydroxylation is 2. The highest BCUT2D eigenvalue weighted by atomic mass is 35.5. The summed E-state index contributed by atoms with van der Waals surface area (Å²) in [6, 6.07) is 5.18. The van der Waals surface area contributed by atoms with Gasteiger partial charge in [-0.25, -0.2) is 0 Å². The number of carbonyl (C=O) groups excluding carboxylic acids is 1. The first-order valence-corrected chi connectivity index (χ1v) is 8.14. The summed E-state index contributed by atoms with van der Waals surface area (Å²) >= 11 is 12.1. The van der Waals surface area contributed by atoms with E-state index >= 15 is 0 Å². The molecule has 0 fully saturated rings. The smallest absolute Gasteiger partial charge is 0.226 e. The normalized spacial score (nSPS) is 12.2. The average molecular weight is 356 g/mol. The van der Waals surface area contributed by atoms with Gasteiger partial charge in [-0.05, 0) is 38.0 Å². The van der Waals surface area contributed by atoms with Gasteiger partial charge in [-0.2, -0.15) is 4.98 Å². The average Bonchev–Trinajstić information content (AvgIpc) is 2.91. The molecule has 1 amide bonds. The Kier molecular flexibility index (Phi) is 6.02. The molecular formula is C16H19Cl2N3O2. The molecule has 0 unspecified atom stereocenters. The van der Waals surface area contributed by atoms with E-state index in [9.17, 15) is 4.79 Å². The molecule has 0 saturated carbocycles. The number of halogens is 2. The van der Waals surface area contributed by atoms with Crippen LogP contribution >= 0.6 is 23.2 Å². The van der Waals surface area contributed by atoms with Crippen LogP contribution in [0.1, 0.15) is 43.1 Å². The Balaban J connectivity index is 1.90. The fourth-order valence-corrected chi connectivity index (χ4v) is 2.84. The van der Waals surface area contributed by atoms with Crippen LogP contribution < -0.4 is 0 Å². The van der Waals surface area contributed by atoms with Crippen molar-refractivity contribution in [1.29, 1.82) is 0 Å². The number of aromatic nitrogens is 2. The lowest BCUT2D eigenvalue weighted by molar-refractivity contribution is -0.131. The number of benzene rings is 1. The first kappa shape index (κ1) is 17.8. The van der Waals surface area contributed by atoms with Gasteiger partial charge in [-0.15, -0.1) is 0 Å². The lowest BCUT2D eigenvalue weighted by Gasteiger charge is -2.26. The van der Waals surface area contributed by atoms with Crippen LogP contribution in [0.15, 0.2) is 22.7 Å². The molecule has 0 N–H and O–H groups in total. The van der Waals surface area contributed by atoms with Gasteiger partial charge in [0.25, 0.3) is 0 Å². The lowest BCUT2D eigenvalue weighted by atomic mass is 10.1. The van der Waals surface area contributed by atoms with E-state index in [1.807, 2.05) is 13.0 Å². The molecule has 0 aliphatic rings. The Hall–Kier alpha value is -1.59. The third kappa shape index (κ3) is 4.69. The number of nitrogens with zero attached hydrogens (tertiary/aromatic N) is 3. The number of hydrogen-bond donors (Lipinski definition) is 0. The molecule has 1 aromatic carbocycles. The van der Waals surface area contributed by atoms with Gasteiger partial charge in [-0.3, -0.25) is 4.79 Å². The van der Waals surface area contributed by atoms with Gasteiger partial charge in [0.1, 0.15) is 0 Å². The van der Waals surface area contributed by atoms with Crippen molar-refractivity contribution in [1.82, 2.24) is 15.0 Å². The van der Waals surface area contributed by atoms with Crippen LogP contribution in [0.25, 0.3) is 0 Å². The predicted octanol–water partition coefficient (Wildman–Crippen LogP) is 4.23. The summed E-state index contributed by atoms with van der Waals surface area (Å²) in [5.74, 6) is 1.21. The zero-order valence-electron chi connectivity index (χ0n) is 13.3. The molecule has 1 heterocycles. The van der Waals surface area contributed by atoms with Crippen LogP contribution in [0.2, 0.25) is 10.0 Å². The molecule has 0 aliphatic carbocycles. The van der Waals surface area contributed by atoms with E-state index in [0.717, 1.165) is 5.56 Å². The Labute approximate surface area is 145 Å². The maximum Gasteiger partial charge on any atom is 0.226 e. The van der Waals surface area contributed by atoms with E-state index in [1.165, 1.54) is 0 Å². The van der Waals surface area contributed by atoms with Crippen LogP contribution in [-0.2, 0) is 11.2 Å². The summed E-state index contributed by atoms with van der Waals surface area (Å²) in [5.41, 5.74) is 0.874.